The Bertz CT molecular complexity index is 1430. The molecule has 0 radical (unpaired) electrons. The van der Waals surface area contributed by atoms with Crippen LogP contribution in [0.25, 0.3) is 11.3 Å². The average Bonchev–Trinajstić information content (AvgIpc) is 3.47. The largest absolute Gasteiger partial charge is 0.493 e. The molecule has 33 heavy (non-hydrogen) atoms. The molecule has 0 bridgehead atoms. The molecule has 0 aliphatic rings. The lowest BCUT2D eigenvalue weighted by atomic mass is 9.97. The van der Waals surface area contributed by atoms with E-state index in [2.05, 4.69) is 15.3 Å². The number of benzene rings is 3. The Morgan fingerprint density at radius 2 is 1.61 bits per heavy atom. The fourth-order valence-electron chi connectivity index (χ4n) is 3.73. The van der Waals surface area contributed by atoms with E-state index in [0.29, 0.717) is 9.92 Å². The summed E-state index contributed by atoms with van der Waals surface area (Å²) in [7, 11) is 0. The number of nitrogens with one attached hydrogen (secondary N) is 2. The summed E-state index contributed by atoms with van der Waals surface area (Å²) < 4.78 is 1.50. The van der Waals surface area contributed by atoms with E-state index < -0.39 is 6.04 Å². The van der Waals surface area contributed by atoms with E-state index in [1.165, 1.54) is 4.68 Å². The highest BCUT2D eigenvalue weighted by atomic mass is 35.5. The minimum Gasteiger partial charge on any atom is -0.493 e. The lowest BCUT2D eigenvalue weighted by Crippen LogP contribution is -2.16. The van der Waals surface area contributed by atoms with Crippen LogP contribution in [-0.4, -0.2) is 25.1 Å². The quantitative estimate of drug-likeness (QED) is 0.294. The molecule has 0 amide bonds. The summed E-state index contributed by atoms with van der Waals surface area (Å²) in [6.45, 7) is 0. The normalized spacial score (nSPS) is 12.0. The first-order chi connectivity index (χ1) is 16.1. The highest BCUT2D eigenvalue weighted by molar-refractivity contribution is 7.99. The second-order valence-electron chi connectivity index (χ2n) is 7.40. The Labute approximate surface area is 198 Å². The van der Waals surface area contributed by atoms with E-state index in [1.54, 1.807) is 12.3 Å². The smallest absolute Gasteiger partial charge is 0.282 e. The molecule has 1 unspecified atom stereocenters. The van der Waals surface area contributed by atoms with Crippen LogP contribution in [0, 0.1) is 0 Å². The number of hydrogen-bond acceptors (Lipinski definition) is 4. The van der Waals surface area contributed by atoms with Gasteiger partial charge in [0.15, 0.2) is 0 Å². The molecule has 3 N–H and O–H groups in total. The Morgan fingerprint density at radius 3 is 2.30 bits per heavy atom. The Balaban J connectivity index is 1.58. The number of aromatic nitrogens is 4. The van der Waals surface area contributed by atoms with Crippen molar-refractivity contribution in [2.45, 2.75) is 15.8 Å². The fraction of sp³-hybridized carbons (Fsp3) is 0.0400. The second-order valence-corrected chi connectivity index (χ2v) is 8.86. The Kier molecular flexibility index (Phi) is 5.81. The number of hydrogen-bond donors (Lipinski definition) is 3. The van der Waals surface area contributed by atoms with Gasteiger partial charge in [0.2, 0.25) is 5.88 Å². The van der Waals surface area contributed by atoms with Gasteiger partial charge in [-0.05, 0) is 34.9 Å². The maximum Gasteiger partial charge on any atom is 0.282 e. The highest BCUT2D eigenvalue weighted by Crippen LogP contribution is 2.38. The summed E-state index contributed by atoms with van der Waals surface area (Å²) in [4.78, 5) is 13.7. The molecule has 6 nitrogen and oxygen atoms in total. The molecule has 0 spiro atoms. The first kappa shape index (κ1) is 21.2. The zero-order valence-corrected chi connectivity index (χ0v) is 18.8. The lowest BCUT2D eigenvalue weighted by molar-refractivity contribution is 0.384. The number of rotatable bonds is 6. The van der Waals surface area contributed by atoms with E-state index in [1.807, 2.05) is 78.9 Å². The number of H-pyrrole nitrogens is 2. The maximum absolute atomic E-state index is 12.8. The van der Waals surface area contributed by atoms with Gasteiger partial charge < -0.3 is 5.11 Å². The number of halogens is 1. The highest BCUT2D eigenvalue weighted by Gasteiger charge is 2.24. The van der Waals surface area contributed by atoms with E-state index in [4.69, 9.17) is 11.6 Å². The van der Waals surface area contributed by atoms with Gasteiger partial charge in [-0.25, -0.2) is 4.68 Å². The van der Waals surface area contributed by atoms with Gasteiger partial charge in [0, 0.05) is 11.1 Å². The predicted molar refractivity (Wildman–Crippen MR) is 130 cm³/mol. The molecule has 0 aliphatic carbocycles. The first-order valence-corrected chi connectivity index (χ1v) is 11.4. The van der Waals surface area contributed by atoms with Gasteiger partial charge in [-0.1, -0.05) is 90.1 Å². The van der Waals surface area contributed by atoms with Crippen molar-refractivity contribution in [1.29, 1.82) is 0 Å². The minimum atomic E-state index is -0.435. The van der Waals surface area contributed by atoms with Crippen LogP contribution in [0.2, 0.25) is 5.02 Å². The fourth-order valence-corrected chi connectivity index (χ4v) is 4.84. The molecule has 5 rings (SSSR count). The molecule has 5 aromatic rings. The molecule has 0 fully saturated rings. The minimum absolute atomic E-state index is 0.142. The summed E-state index contributed by atoms with van der Waals surface area (Å²) in [6, 6.07) is 26.3. The zero-order chi connectivity index (χ0) is 22.8. The van der Waals surface area contributed by atoms with Gasteiger partial charge in [-0.2, -0.15) is 5.10 Å². The van der Waals surface area contributed by atoms with Crippen LogP contribution in [0.4, 0.5) is 0 Å². The molecular weight excluding hydrogens is 456 g/mol. The molecule has 3 aromatic carbocycles. The van der Waals surface area contributed by atoms with Crippen molar-refractivity contribution in [2.75, 3.05) is 0 Å². The summed E-state index contributed by atoms with van der Waals surface area (Å²) >= 11 is 7.41. The second kappa shape index (κ2) is 9.05. The maximum atomic E-state index is 12.8. The van der Waals surface area contributed by atoms with Gasteiger partial charge in [-0.3, -0.25) is 15.0 Å². The van der Waals surface area contributed by atoms with Crippen molar-refractivity contribution in [2.24, 2.45) is 0 Å². The Hall–Kier alpha value is -3.68. The average molecular weight is 475 g/mol. The molecule has 0 saturated heterocycles. The lowest BCUT2D eigenvalue weighted by Gasteiger charge is -2.20. The standard InChI is InChI=1S/C25H19ClN4O2S/c26-19-8-4-5-9-21(19)33-23-24(31)29-30(25(23)32)22(17-6-2-1-3-7-17)18-12-10-16(11-13-18)20-14-15-27-28-20/h1-15,22,32H,(H,27,28)(H,29,31). The van der Waals surface area contributed by atoms with Crippen LogP contribution >= 0.6 is 23.4 Å². The molecule has 164 valence electrons. The van der Waals surface area contributed by atoms with Gasteiger partial charge in [0.1, 0.15) is 10.9 Å². The van der Waals surface area contributed by atoms with Crippen molar-refractivity contribution in [3.05, 3.63) is 118 Å². The molecular formula is C25H19ClN4O2S. The van der Waals surface area contributed by atoms with E-state index in [0.717, 1.165) is 34.1 Å². The Morgan fingerprint density at radius 1 is 0.909 bits per heavy atom. The SMILES string of the molecule is O=c1[nH]n(C(c2ccccc2)c2ccc(-c3ccn[nH]3)cc2)c(O)c1Sc1ccccc1Cl. The van der Waals surface area contributed by atoms with Crippen LogP contribution in [0.3, 0.4) is 0 Å². The van der Waals surface area contributed by atoms with Gasteiger partial charge in [0.25, 0.3) is 5.56 Å². The summed E-state index contributed by atoms with van der Waals surface area (Å²) in [5, 5.41) is 21.4. The molecule has 0 aliphatic heterocycles. The van der Waals surface area contributed by atoms with Gasteiger partial charge in [-0.15, -0.1) is 0 Å². The summed E-state index contributed by atoms with van der Waals surface area (Å²) in [6.07, 6.45) is 1.71. The summed E-state index contributed by atoms with van der Waals surface area (Å²) in [5.41, 5.74) is 3.34. The van der Waals surface area contributed by atoms with E-state index >= 15 is 0 Å². The van der Waals surface area contributed by atoms with E-state index in [-0.39, 0.29) is 16.3 Å². The molecule has 8 heteroatoms. The first-order valence-electron chi connectivity index (χ1n) is 10.2. The van der Waals surface area contributed by atoms with Crippen molar-refractivity contribution in [3.63, 3.8) is 0 Å². The third-order valence-electron chi connectivity index (χ3n) is 5.32. The van der Waals surface area contributed by atoms with Crippen LogP contribution in [0.1, 0.15) is 17.2 Å². The zero-order valence-electron chi connectivity index (χ0n) is 17.3. The monoisotopic (exact) mass is 474 g/mol. The number of aromatic hydroxyl groups is 1. The number of aromatic amines is 2. The van der Waals surface area contributed by atoms with Crippen LogP contribution in [0.5, 0.6) is 5.88 Å². The van der Waals surface area contributed by atoms with Gasteiger partial charge >= 0.3 is 0 Å². The van der Waals surface area contributed by atoms with E-state index in [9.17, 15) is 9.90 Å². The third-order valence-corrected chi connectivity index (χ3v) is 6.91. The molecule has 2 heterocycles. The van der Waals surface area contributed by atoms with Crippen molar-refractivity contribution < 1.29 is 5.11 Å². The number of nitrogens with zero attached hydrogens (tertiary/aromatic N) is 2. The molecule has 0 saturated carbocycles. The molecule has 2 aromatic heterocycles. The summed E-state index contributed by atoms with van der Waals surface area (Å²) in [5.74, 6) is -0.142. The van der Waals surface area contributed by atoms with Crippen molar-refractivity contribution in [1.82, 2.24) is 20.0 Å². The van der Waals surface area contributed by atoms with Crippen LogP contribution < -0.4 is 5.56 Å². The van der Waals surface area contributed by atoms with Crippen LogP contribution in [-0.2, 0) is 0 Å². The predicted octanol–water partition coefficient (Wildman–Crippen LogP) is 5.71. The third kappa shape index (κ3) is 4.20. The molecule has 1 atom stereocenters. The van der Waals surface area contributed by atoms with Gasteiger partial charge in [0.05, 0.1) is 10.7 Å². The van der Waals surface area contributed by atoms with Crippen molar-refractivity contribution in [3.8, 4) is 17.1 Å². The topological polar surface area (TPSA) is 86.7 Å². The van der Waals surface area contributed by atoms with Crippen LogP contribution in [0.15, 0.2) is 106 Å². The van der Waals surface area contributed by atoms with Crippen molar-refractivity contribution >= 4 is 23.4 Å².